The number of imide groups is 1. The summed E-state index contributed by atoms with van der Waals surface area (Å²) >= 11 is 1.52. The monoisotopic (exact) mass is 824 g/mol. The van der Waals surface area contributed by atoms with Crippen molar-refractivity contribution in [1.29, 1.82) is 0 Å². The predicted molar refractivity (Wildman–Crippen MR) is 240 cm³/mol. The lowest BCUT2D eigenvalue weighted by atomic mass is 9.96. The van der Waals surface area contributed by atoms with Crippen molar-refractivity contribution in [3.63, 3.8) is 0 Å². The molecule has 0 spiro atoms. The Morgan fingerprint density at radius 1 is 0.900 bits per heavy atom. The largest absolute Gasteiger partial charge is 0.384 e. The zero-order chi connectivity index (χ0) is 41.8. The summed E-state index contributed by atoms with van der Waals surface area (Å²) in [5.74, 6) is 0.245. The number of nitrogens with zero attached hydrogens (tertiary/aromatic N) is 5. The number of fused-ring (bicyclic) bond motifs is 1. The van der Waals surface area contributed by atoms with E-state index in [4.69, 9.17) is 4.98 Å². The highest BCUT2D eigenvalue weighted by molar-refractivity contribution is 7.10. The molecule has 2 aliphatic rings. The number of pyridine rings is 1. The summed E-state index contributed by atoms with van der Waals surface area (Å²) in [5.41, 5.74) is 10.1. The molecule has 5 N–H and O–H groups in total. The lowest BCUT2D eigenvalue weighted by molar-refractivity contribution is -0.120. The highest BCUT2D eigenvalue weighted by Crippen LogP contribution is 2.32. The smallest absolute Gasteiger partial charge is 0.328 e. The summed E-state index contributed by atoms with van der Waals surface area (Å²) in [5, 5.41) is 24.1. The molecule has 0 radical (unpaired) electrons. The van der Waals surface area contributed by atoms with Gasteiger partial charge in [0.2, 0.25) is 5.91 Å². The molecule has 0 atom stereocenters. The summed E-state index contributed by atoms with van der Waals surface area (Å²) in [4.78, 5) is 49.8. The molecule has 2 saturated heterocycles. The number of hydrogen-bond acceptors (Lipinski definition) is 10. The van der Waals surface area contributed by atoms with E-state index in [0.29, 0.717) is 31.1 Å². The highest BCUT2D eigenvalue weighted by Gasteiger charge is 2.25. The van der Waals surface area contributed by atoms with Crippen molar-refractivity contribution in [3.05, 3.63) is 106 Å². The van der Waals surface area contributed by atoms with Gasteiger partial charge in [0.1, 0.15) is 11.4 Å². The van der Waals surface area contributed by atoms with Crippen LogP contribution in [0.15, 0.2) is 84.4 Å². The molecule has 0 bridgehead atoms. The van der Waals surface area contributed by atoms with Gasteiger partial charge < -0.3 is 20.9 Å². The van der Waals surface area contributed by atoms with Crippen LogP contribution in [0.1, 0.15) is 66.7 Å². The SMILES string of the molecule is Cc1cc(-c2n[nH]c3ncc(-c4ccc(NCCNCC5CCN(c6ccc(N7CCC(=O)NC7=O)cc6)CC5)cc4)cc23)ccc1CNC(=O)c1csc(C(C)(C)C)n1. The maximum absolute atomic E-state index is 12.8. The fourth-order valence-corrected chi connectivity index (χ4v) is 8.63. The number of carbonyl (C=O) groups excluding carboxylic acids is 3. The Morgan fingerprint density at radius 2 is 1.65 bits per heavy atom. The summed E-state index contributed by atoms with van der Waals surface area (Å²) in [6, 6.07) is 24.5. The van der Waals surface area contributed by atoms with E-state index in [1.807, 2.05) is 35.8 Å². The number of urea groups is 1. The number of anilines is 3. The third kappa shape index (κ3) is 9.35. The summed E-state index contributed by atoms with van der Waals surface area (Å²) in [7, 11) is 0. The predicted octanol–water partition coefficient (Wildman–Crippen LogP) is 7.65. The van der Waals surface area contributed by atoms with Crippen molar-refractivity contribution in [2.75, 3.05) is 54.4 Å². The zero-order valence-electron chi connectivity index (χ0n) is 34.6. The van der Waals surface area contributed by atoms with E-state index < -0.39 is 0 Å². The molecule has 4 amide bonds. The summed E-state index contributed by atoms with van der Waals surface area (Å²) in [6.07, 6.45) is 4.45. The van der Waals surface area contributed by atoms with Gasteiger partial charge in [0.15, 0.2) is 5.65 Å². The second kappa shape index (κ2) is 17.6. The van der Waals surface area contributed by atoms with Gasteiger partial charge in [0, 0.05) is 96.3 Å². The standard InChI is InChI=1S/C46H52N10O3S/c1-29-23-32(5-6-33(29)26-50-43(58)39-28-60-44(51-39)46(2,3)4)41-38-24-34(27-49-42(38)54-53-41)31-7-9-35(10-8-31)48-19-18-47-25-30-15-20-55(21-16-30)36-11-13-37(14-12-36)56-22-17-40(57)52-45(56)59/h5-14,23-24,27-28,30,47-48H,15-22,25-26H2,1-4H3,(H,50,58)(H,49,53,54)(H,52,57,59). The number of piperidine rings is 1. The van der Waals surface area contributed by atoms with Crippen LogP contribution in [-0.4, -0.2) is 77.3 Å². The van der Waals surface area contributed by atoms with Crippen LogP contribution in [0.5, 0.6) is 0 Å². The lowest BCUT2D eigenvalue weighted by Crippen LogP contribution is -2.49. The highest BCUT2D eigenvalue weighted by atomic mass is 32.1. The van der Waals surface area contributed by atoms with Gasteiger partial charge in [-0.25, -0.2) is 14.8 Å². The van der Waals surface area contributed by atoms with Gasteiger partial charge >= 0.3 is 6.03 Å². The Morgan fingerprint density at radius 3 is 2.37 bits per heavy atom. The van der Waals surface area contributed by atoms with Gasteiger partial charge in [0.05, 0.1) is 5.01 Å². The Balaban J connectivity index is 0.784. The molecule has 14 heteroatoms. The summed E-state index contributed by atoms with van der Waals surface area (Å²) < 4.78 is 0. The molecule has 5 heterocycles. The molecular formula is C46H52N10O3S. The molecule has 0 aliphatic carbocycles. The topological polar surface area (TPSA) is 160 Å². The zero-order valence-corrected chi connectivity index (χ0v) is 35.4. The van der Waals surface area contributed by atoms with Crippen LogP contribution in [0.4, 0.5) is 21.9 Å². The van der Waals surface area contributed by atoms with E-state index in [9.17, 15) is 14.4 Å². The van der Waals surface area contributed by atoms with E-state index in [2.05, 4.69) is 118 Å². The number of benzene rings is 3. The van der Waals surface area contributed by atoms with Gasteiger partial charge in [0.25, 0.3) is 5.91 Å². The van der Waals surface area contributed by atoms with Crippen molar-refractivity contribution in [2.24, 2.45) is 5.92 Å². The number of H-pyrrole nitrogens is 1. The quantitative estimate of drug-likeness (QED) is 0.0738. The minimum atomic E-state index is -0.354. The minimum absolute atomic E-state index is 0.0905. The van der Waals surface area contributed by atoms with Crippen LogP contribution in [0.3, 0.4) is 0 Å². The minimum Gasteiger partial charge on any atom is -0.384 e. The van der Waals surface area contributed by atoms with Crippen molar-refractivity contribution in [2.45, 2.75) is 58.9 Å². The fourth-order valence-electron chi connectivity index (χ4n) is 7.74. The molecular weight excluding hydrogens is 773 g/mol. The fraction of sp³-hybridized carbons (Fsp3) is 0.348. The number of nitrogens with one attached hydrogen (secondary N) is 5. The maximum atomic E-state index is 12.8. The first-order valence-electron chi connectivity index (χ1n) is 20.7. The van der Waals surface area contributed by atoms with E-state index in [-0.39, 0.29) is 23.3 Å². The molecule has 6 aromatic rings. The third-order valence-corrected chi connectivity index (χ3v) is 12.6. The van der Waals surface area contributed by atoms with Gasteiger partial charge in [-0.2, -0.15) is 5.10 Å². The van der Waals surface area contributed by atoms with Crippen molar-refractivity contribution in [3.8, 4) is 22.4 Å². The molecule has 310 valence electrons. The Hall–Kier alpha value is -6.12. The molecule has 13 nitrogen and oxygen atoms in total. The van der Waals surface area contributed by atoms with Gasteiger partial charge in [-0.1, -0.05) is 45.0 Å². The van der Waals surface area contributed by atoms with Crippen LogP contribution in [0.2, 0.25) is 0 Å². The van der Waals surface area contributed by atoms with Crippen LogP contribution in [0, 0.1) is 12.8 Å². The Labute approximate surface area is 354 Å². The van der Waals surface area contributed by atoms with Crippen molar-refractivity contribution < 1.29 is 14.4 Å². The first kappa shape index (κ1) is 40.7. The first-order chi connectivity index (χ1) is 29.0. The maximum Gasteiger partial charge on any atom is 0.328 e. The number of rotatable bonds is 13. The molecule has 2 aliphatic heterocycles. The van der Waals surface area contributed by atoms with Crippen LogP contribution >= 0.6 is 11.3 Å². The Kier molecular flexibility index (Phi) is 11.9. The average molecular weight is 825 g/mol. The van der Waals surface area contributed by atoms with Gasteiger partial charge in [-0.15, -0.1) is 11.3 Å². The van der Waals surface area contributed by atoms with Crippen molar-refractivity contribution >= 4 is 57.3 Å². The molecule has 0 saturated carbocycles. The first-order valence-corrected chi connectivity index (χ1v) is 21.6. The number of hydrogen-bond donors (Lipinski definition) is 5. The number of carbonyl (C=O) groups is 3. The molecule has 0 unspecified atom stereocenters. The van der Waals surface area contributed by atoms with Gasteiger partial charge in [-0.3, -0.25) is 24.9 Å². The number of amides is 4. The summed E-state index contributed by atoms with van der Waals surface area (Å²) in [6.45, 7) is 13.9. The lowest BCUT2D eigenvalue weighted by Gasteiger charge is -2.34. The average Bonchev–Trinajstić information content (AvgIpc) is 3.93. The number of aromatic amines is 1. The van der Waals surface area contributed by atoms with E-state index in [1.54, 1.807) is 4.90 Å². The Bertz CT molecular complexity index is 2480. The second-order valence-corrected chi connectivity index (χ2v) is 17.6. The molecule has 2 fully saturated rings. The molecule has 8 rings (SSSR count). The van der Waals surface area contributed by atoms with Crippen LogP contribution in [0.25, 0.3) is 33.4 Å². The number of aryl methyl sites for hydroxylation is 1. The van der Waals surface area contributed by atoms with Crippen molar-refractivity contribution in [1.82, 2.24) is 36.1 Å². The number of aromatic nitrogens is 4. The third-order valence-electron chi connectivity index (χ3n) is 11.3. The second-order valence-electron chi connectivity index (χ2n) is 16.7. The normalized spacial score (nSPS) is 15.1. The molecule has 60 heavy (non-hydrogen) atoms. The van der Waals surface area contributed by atoms with E-state index in [1.165, 1.54) is 11.3 Å². The molecule has 3 aromatic heterocycles. The number of thiazole rings is 1. The molecule has 3 aromatic carbocycles. The van der Waals surface area contributed by atoms with Gasteiger partial charge in [-0.05, 0) is 97.4 Å². The van der Waals surface area contributed by atoms with Crippen LogP contribution < -0.4 is 31.1 Å². The van der Waals surface area contributed by atoms with Crippen LogP contribution in [-0.2, 0) is 16.8 Å². The van der Waals surface area contributed by atoms with E-state index in [0.717, 1.165) is 112 Å². The van der Waals surface area contributed by atoms with E-state index >= 15 is 0 Å².